The van der Waals surface area contributed by atoms with Gasteiger partial charge < -0.3 is 63.5 Å². The maximum absolute atomic E-state index is 13.6. The van der Waals surface area contributed by atoms with E-state index in [0.717, 1.165) is 0 Å². The van der Waals surface area contributed by atoms with Gasteiger partial charge in [0.05, 0.1) is 61.5 Å². The molecule has 5 unspecified atom stereocenters. The molecule has 0 aromatic carbocycles. The summed E-state index contributed by atoms with van der Waals surface area (Å²) in [4.78, 5) is 25.0. The monoisotopic (exact) mass is 875 g/mol. The number of Topliss-reactive ketones (excluding diaryl/α,β-unsaturated/α-hetero) is 1. The van der Waals surface area contributed by atoms with Crippen molar-refractivity contribution in [3.63, 3.8) is 0 Å². The number of carbonyl (C=O) groups is 2. The Morgan fingerprint density at radius 3 is 2.28 bits per heavy atom. The van der Waals surface area contributed by atoms with E-state index in [-0.39, 0.29) is 97.1 Å². The summed E-state index contributed by atoms with van der Waals surface area (Å²) in [6.45, 7) is 18.8. The van der Waals surface area contributed by atoms with Crippen molar-refractivity contribution in [2.24, 2.45) is 40.9 Å². The Kier molecular flexibility index (Phi) is 16.6. The zero-order valence-electron chi connectivity index (χ0n) is 38.7. The van der Waals surface area contributed by atoms with Crippen LogP contribution in [0.15, 0.2) is 11.6 Å². The molecule has 6 saturated heterocycles. The molecule has 0 saturated carbocycles. The number of ketones is 1. The van der Waals surface area contributed by atoms with Gasteiger partial charge in [0.2, 0.25) is 0 Å². The van der Waals surface area contributed by atoms with Crippen molar-refractivity contribution in [3.05, 3.63) is 11.6 Å². The van der Waals surface area contributed by atoms with Crippen molar-refractivity contribution in [3.8, 4) is 0 Å². The standard InChI is InChI=1S/C46H76O14.Na/c1-11-12-32(39(50)25(2)17-27(4)41(51)52)21-42(9)24-54-44(22-36(42)49)16-15-43(10,60-44)37-20-34(56-38-14-13-33(48)31(8)55-38)30(7)46(58-37)29(6)19-35(57-46)40-26(3)18-28(5)45(53,23-47)59-40;/h12,25-31,33-38,40,47-49,53H,11,13-24H2,1-10H3,(H,51,52);/q;+1/p-1/b32-12+;/t25?,26-,27?,28+,29+,30+,31+,33-,34-,35+,36-,37+,38+,40?,42-,43-,44?,45-,46?;/m0./s1. The Labute approximate surface area is 385 Å². The first-order chi connectivity index (χ1) is 28.0. The number of carboxylic acids is 1. The Bertz CT molecular complexity index is 1570. The minimum Gasteiger partial charge on any atom is -0.550 e. The minimum atomic E-state index is -1.67. The quantitative estimate of drug-likeness (QED) is 0.152. The van der Waals surface area contributed by atoms with E-state index in [1.807, 2.05) is 40.7 Å². The molecule has 0 amide bonds. The molecule has 0 radical (unpaired) electrons. The Morgan fingerprint density at radius 2 is 1.66 bits per heavy atom. The number of hydrogen-bond donors (Lipinski definition) is 4. The van der Waals surface area contributed by atoms with Gasteiger partial charge in [-0.25, -0.2) is 0 Å². The van der Waals surface area contributed by atoms with E-state index in [2.05, 4.69) is 20.8 Å². The van der Waals surface area contributed by atoms with Gasteiger partial charge in [0.1, 0.15) is 0 Å². The van der Waals surface area contributed by atoms with Crippen LogP contribution in [0.5, 0.6) is 0 Å². The van der Waals surface area contributed by atoms with Crippen molar-refractivity contribution in [1.82, 2.24) is 0 Å². The minimum absolute atomic E-state index is 0. The molecule has 2 spiro atoms. The molecule has 19 atom stereocenters. The summed E-state index contributed by atoms with van der Waals surface area (Å²) < 4.78 is 47.3. The van der Waals surface area contributed by atoms with Crippen LogP contribution in [-0.2, 0) is 42.7 Å². The molecule has 4 N–H and O–H groups in total. The van der Waals surface area contributed by atoms with Crippen LogP contribution in [0.2, 0.25) is 0 Å². The van der Waals surface area contributed by atoms with E-state index >= 15 is 0 Å². The van der Waals surface area contributed by atoms with Crippen molar-refractivity contribution in [2.45, 2.75) is 212 Å². The van der Waals surface area contributed by atoms with Gasteiger partial charge in [0, 0.05) is 60.7 Å². The SMILES string of the molecule is CC/C=C(\C[C@@]1(C)COC2(CC[C@@](C)([C@H]3C[C@H](O[C@@H]4CC[C@H](O)[C@@H](C)O4)[C@@H](C)C4(O[C@@H](C5O[C@@](O)(CO)[C@H](C)C[C@@H]5C)C[C@H]4C)O3)O2)C[C@@H]1O)C(=O)C(C)CC(C)C(=O)[O-].[Na+]. The maximum atomic E-state index is 13.6. The number of aliphatic hydroxyl groups is 4. The largest absolute Gasteiger partial charge is 1.00 e. The van der Waals surface area contributed by atoms with Crippen LogP contribution in [0, 0.1) is 40.9 Å². The third-order valence-corrected chi connectivity index (χ3v) is 15.5. The molecular formula is C46H75NaO14. The van der Waals surface area contributed by atoms with E-state index in [9.17, 15) is 35.1 Å². The summed E-state index contributed by atoms with van der Waals surface area (Å²) >= 11 is 0. The molecule has 15 heteroatoms. The summed E-state index contributed by atoms with van der Waals surface area (Å²) in [5.41, 5.74) is -1.11. The van der Waals surface area contributed by atoms with Crippen molar-refractivity contribution in [2.75, 3.05) is 13.2 Å². The molecule has 344 valence electrons. The molecule has 0 aromatic heterocycles. The number of aliphatic hydroxyl groups excluding tert-OH is 3. The molecule has 0 aliphatic carbocycles. The molecule has 6 aliphatic heterocycles. The van der Waals surface area contributed by atoms with E-state index in [1.54, 1.807) is 13.8 Å². The summed E-state index contributed by atoms with van der Waals surface area (Å²) in [7, 11) is 0. The molecule has 6 fully saturated rings. The zero-order chi connectivity index (χ0) is 44.2. The van der Waals surface area contributed by atoms with Crippen molar-refractivity contribution < 1.29 is 97.8 Å². The Balaban J connectivity index is 0.00000704. The smallest absolute Gasteiger partial charge is 0.550 e. The van der Waals surface area contributed by atoms with Crippen LogP contribution in [-0.4, -0.2) is 117 Å². The predicted molar refractivity (Wildman–Crippen MR) is 216 cm³/mol. The van der Waals surface area contributed by atoms with Gasteiger partial charge in [-0.05, 0) is 76.2 Å². The second-order valence-electron chi connectivity index (χ2n) is 20.5. The van der Waals surface area contributed by atoms with Crippen LogP contribution in [0.1, 0.15) is 140 Å². The third kappa shape index (κ3) is 10.4. The summed E-state index contributed by atoms with van der Waals surface area (Å²) in [5, 5.41) is 55.1. The molecule has 6 aliphatic rings. The number of aliphatic carboxylic acids is 1. The van der Waals surface area contributed by atoms with Gasteiger partial charge in [-0.15, -0.1) is 0 Å². The van der Waals surface area contributed by atoms with Gasteiger partial charge in [0.25, 0.3) is 0 Å². The normalized spacial score (nSPS) is 47.9. The molecule has 0 aromatic rings. The number of allylic oxidation sites excluding steroid dienone is 2. The van der Waals surface area contributed by atoms with Crippen LogP contribution in [0.4, 0.5) is 0 Å². The van der Waals surface area contributed by atoms with Gasteiger partial charge in [-0.2, -0.15) is 0 Å². The van der Waals surface area contributed by atoms with Crippen molar-refractivity contribution in [1.29, 1.82) is 0 Å². The first-order valence-electron chi connectivity index (χ1n) is 22.8. The number of rotatable bonds is 13. The van der Waals surface area contributed by atoms with Gasteiger partial charge in [0.15, 0.2) is 29.4 Å². The number of hydrogen-bond acceptors (Lipinski definition) is 14. The molecule has 14 nitrogen and oxygen atoms in total. The Hall–Kier alpha value is -0.560. The molecule has 61 heavy (non-hydrogen) atoms. The fourth-order valence-corrected chi connectivity index (χ4v) is 11.2. The molecular weight excluding hydrogens is 799 g/mol. The molecule has 6 heterocycles. The summed E-state index contributed by atoms with van der Waals surface area (Å²) in [6.07, 6.45) is 2.84. The van der Waals surface area contributed by atoms with Crippen molar-refractivity contribution >= 4 is 11.8 Å². The number of carbonyl (C=O) groups excluding carboxylic acids is 2. The second kappa shape index (κ2) is 19.7. The van der Waals surface area contributed by atoms with Gasteiger partial charge in [-0.1, -0.05) is 61.5 Å². The van der Waals surface area contributed by atoms with Crippen LogP contribution in [0.25, 0.3) is 0 Å². The molecule has 0 bridgehead atoms. The molecule has 6 rings (SSSR count). The van der Waals surface area contributed by atoms with Gasteiger partial charge in [-0.3, -0.25) is 4.79 Å². The van der Waals surface area contributed by atoms with E-state index in [1.165, 1.54) is 0 Å². The van der Waals surface area contributed by atoms with E-state index < -0.39 is 89.6 Å². The van der Waals surface area contributed by atoms with E-state index in [0.29, 0.717) is 56.9 Å². The number of carboxylic acid groups (broad SMARTS) is 1. The Morgan fingerprint density at radius 1 is 0.951 bits per heavy atom. The van der Waals surface area contributed by atoms with Crippen LogP contribution >= 0.6 is 0 Å². The fraction of sp³-hybridized carbons (Fsp3) is 0.913. The predicted octanol–water partition coefficient (Wildman–Crippen LogP) is 1.31. The first kappa shape index (κ1) is 51.4. The number of ether oxygens (including phenoxy) is 7. The topological polar surface area (TPSA) is 203 Å². The van der Waals surface area contributed by atoms with Gasteiger partial charge >= 0.3 is 29.6 Å². The zero-order valence-corrected chi connectivity index (χ0v) is 40.7. The summed E-state index contributed by atoms with van der Waals surface area (Å²) in [5.74, 6) is -7.08. The average molecular weight is 875 g/mol. The average Bonchev–Trinajstić information content (AvgIpc) is 3.70. The van der Waals surface area contributed by atoms with Crippen LogP contribution in [0.3, 0.4) is 0 Å². The summed E-state index contributed by atoms with van der Waals surface area (Å²) in [6, 6.07) is 0. The maximum Gasteiger partial charge on any atom is 1.00 e. The van der Waals surface area contributed by atoms with E-state index in [4.69, 9.17) is 33.2 Å². The third-order valence-electron chi connectivity index (χ3n) is 15.5. The fourth-order valence-electron chi connectivity index (χ4n) is 11.2. The second-order valence-corrected chi connectivity index (χ2v) is 20.5. The first-order valence-corrected chi connectivity index (χ1v) is 22.8. The van der Waals surface area contributed by atoms with Crippen LogP contribution < -0.4 is 34.7 Å².